The highest BCUT2D eigenvalue weighted by molar-refractivity contribution is 5.80. The van der Waals surface area contributed by atoms with Gasteiger partial charge in [0.05, 0.1) is 20.3 Å². The van der Waals surface area contributed by atoms with Crippen molar-refractivity contribution in [1.29, 1.82) is 0 Å². The molecule has 1 atom stereocenters. The van der Waals surface area contributed by atoms with Crippen LogP contribution in [0.1, 0.15) is 27.2 Å². The number of hydrogen-bond donors (Lipinski definition) is 1. The first-order chi connectivity index (χ1) is 10.1. The lowest BCUT2D eigenvalue weighted by Crippen LogP contribution is -2.51. The van der Waals surface area contributed by atoms with Crippen LogP contribution in [0.15, 0.2) is 24.3 Å². The second-order valence-electron chi connectivity index (χ2n) is 4.86. The molecule has 21 heavy (non-hydrogen) atoms. The number of esters is 1. The van der Waals surface area contributed by atoms with Crippen LogP contribution in [0.25, 0.3) is 0 Å². The Bertz CT molecular complexity index is 450. The molecule has 0 aromatic heterocycles. The SMILES string of the molecule is CCNC(C)(CCOc1cccc(OC)c1)C(=O)OCC. The second kappa shape index (κ2) is 8.52. The highest BCUT2D eigenvalue weighted by atomic mass is 16.5. The lowest BCUT2D eigenvalue weighted by atomic mass is 9.98. The van der Waals surface area contributed by atoms with Crippen molar-refractivity contribution in [3.8, 4) is 11.5 Å². The average Bonchev–Trinajstić information content (AvgIpc) is 2.48. The summed E-state index contributed by atoms with van der Waals surface area (Å²) in [5, 5.41) is 3.17. The Balaban J connectivity index is 2.58. The molecule has 1 unspecified atom stereocenters. The Labute approximate surface area is 126 Å². The van der Waals surface area contributed by atoms with E-state index >= 15 is 0 Å². The average molecular weight is 295 g/mol. The Morgan fingerprint density at radius 1 is 1.29 bits per heavy atom. The fourth-order valence-corrected chi connectivity index (χ4v) is 2.01. The Hall–Kier alpha value is -1.75. The molecule has 0 aliphatic rings. The van der Waals surface area contributed by atoms with E-state index in [0.717, 1.165) is 11.5 Å². The first kappa shape index (κ1) is 17.3. The molecule has 0 saturated heterocycles. The molecule has 0 bridgehead atoms. The summed E-state index contributed by atoms with van der Waals surface area (Å²) in [5.74, 6) is 1.21. The third kappa shape index (κ3) is 5.27. The zero-order valence-electron chi connectivity index (χ0n) is 13.3. The van der Waals surface area contributed by atoms with Gasteiger partial charge in [0.25, 0.3) is 0 Å². The van der Waals surface area contributed by atoms with E-state index in [1.54, 1.807) is 14.0 Å². The third-order valence-electron chi connectivity index (χ3n) is 3.20. The zero-order chi connectivity index (χ0) is 15.7. The molecule has 1 rings (SSSR count). The molecule has 1 N–H and O–H groups in total. The van der Waals surface area contributed by atoms with E-state index in [-0.39, 0.29) is 5.97 Å². The van der Waals surface area contributed by atoms with E-state index in [2.05, 4.69) is 5.32 Å². The van der Waals surface area contributed by atoms with Crippen molar-refractivity contribution in [3.05, 3.63) is 24.3 Å². The number of nitrogens with one attached hydrogen (secondary N) is 1. The molecule has 0 fully saturated rings. The molecule has 0 aliphatic carbocycles. The van der Waals surface area contributed by atoms with Crippen LogP contribution in [0.4, 0.5) is 0 Å². The molecule has 5 heteroatoms. The van der Waals surface area contributed by atoms with Crippen LogP contribution < -0.4 is 14.8 Å². The topological polar surface area (TPSA) is 56.8 Å². The van der Waals surface area contributed by atoms with Crippen LogP contribution >= 0.6 is 0 Å². The van der Waals surface area contributed by atoms with Gasteiger partial charge in [0.1, 0.15) is 17.0 Å². The fourth-order valence-electron chi connectivity index (χ4n) is 2.01. The molecule has 5 nitrogen and oxygen atoms in total. The van der Waals surface area contributed by atoms with Crippen LogP contribution in [-0.4, -0.2) is 38.4 Å². The molecular weight excluding hydrogens is 270 g/mol. The minimum atomic E-state index is -0.733. The minimum absolute atomic E-state index is 0.249. The highest BCUT2D eigenvalue weighted by Gasteiger charge is 2.33. The van der Waals surface area contributed by atoms with Gasteiger partial charge < -0.3 is 19.5 Å². The molecule has 0 amide bonds. The summed E-state index contributed by atoms with van der Waals surface area (Å²) in [6, 6.07) is 7.39. The van der Waals surface area contributed by atoms with Gasteiger partial charge >= 0.3 is 5.97 Å². The van der Waals surface area contributed by atoms with Gasteiger partial charge in [0.2, 0.25) is 0 Å². The molecule has 118 valence electrons. The predicted octanol–water partition coefficient (Wildman–Crippen LogP) is 2.40. The smallest absolute Gasteiger partial charge is 0.326 e. The molecule has 1 aromatic carbocycles. The van der Waals surface area contributed by atoms with Crippen molar-refractivity contribution in [1.82, 2.24) is 5.32 Å². The minimum Gasteiger partial charge on any atom is -0.497 e. The number of methoxy groups -OCH3 is 1. The van der Waals surface area contributed by atoms with E-state index in [9.17, 15) is 4.79 Å². The fraction of sp³-hybridized carbons (Fsp3) is 0.562. The van der Waals surface area contributed by atoms with Crippen LogP contribution in [-0.2, 0) is 9.53 Å². The Kier molecular flexibility index (Phi) is 7.02. The van der Waals surface area contributed by atoms with Gasteiger partial charge in [-0.3, -0.25) is 4.79 Å². The van der Waals surface area contributed by atoms with E-state index in [0.29, 0.717) is 26.2 Å². The molecule has 0 spiro atoms. The van der Waals surface area contributed by atoms with Crippen LogP contribution in [0, 0.1) is 0 Å². The second-order valence-corrected chi connectivity index (χ2v) is 4.86. The predicted molar refractivity (Wildman–Crippen MR) is 81.8 cm³/mol. The number of carbonyl (C=O) groups is 1. The summed E-state index contributed by atoms with van der Waals surface area (Å²) < 4.78 is 16.0. The van der Waals surface area contributed by atoms with E-state index in [1.165, 1.54) is 0 Å². The Morgan fingerprint density at radius 3 is 2.62 bits per heavy atom. The molecule has 1 aromatic rings. The summed E-state index contributed by atoms with van der Waals surface area (Å²) in [5.41, 5.74) is -0.733. The van der Waals surface area contributed by atoms with Crippen LogP contribution in [0.2, 0.25) is 0 Å². The van der Waals surface area contributed by atoms with Crippen molar-refractivity contribution in [2.45, 2.75) is 32.7 Å². The summed E-state index contributed by atoms with van der Waals surface area (Å²) in [6.45, 7) is 7.07. The number of carbonyl (C=O) groups excluding carboxylic acids is 1. The lowest BCUT2D eigenvalue weighted by molar-refractivity contribution is -0.151. The maximum atomic E-state index is 12.0. The summed E-state index contributed by atoms with van der Waals surface area (Å²) in [4.78, 5) is 12.0. The number of likely N-dealkylation sites (N-methyl/N-ethyl adjacent to an activating group) is 1. The number of benzene rings is 1. The summed E-state index contributed by atoms with van der Waals surface area (Å²) in [6.07, 6.45) is 0.525. The maximum Gasteiger partial charge on any atom is 0.326 e. The quantitative estimate of drug-likeness (QED) is 0.709. The van der Waals surface area contributed by atoms with Crippen molar-refractivity contribution in [2.75, 3.05) is 26.9 Å². The van der Waals surface area contributed by atoms with E-state index in [1.807, 2.05) is 38.1 Å². The van der Waals surface area contributed by atoms with Crippen molar-refractivity contribution < 1.29 is 19.0 Å². The van der Waals surface area contributed by atoms with E-state index < -0.39 is 5.54 Å². The summed E-state index contributed by atoms with van der Waals surface area (Å²) in [7, 11) is 1.61. The first-order valence-corrected chi connectivity index (χ1v) is 7.24. The molecule has 0 heterocycles. The largest absolute Gasteiger partial charge is 0.497 e. The van der Waals surface area contributed by atoms with Gasteiger partial charge in [-0.2, -0.15) is 0 Å². The van der Waals surface area contributed by atoms with Crippen LogP contribution in [0.3, 0.4) is 0 Å². The first-order valence-electron chi connectivity index (χ1n) is 7.24. The molecular formula is C16H25NO4. The summed E-state index contributed by atoms with van der Waals surface area (Å²) >= 11 is 0. The molecule has 0 saturated carbocycles. The van der Waals surface area contributed by atoms with Gasteiger partial charge in [0, 0.05) is 12.5 Å². The van der Waals surface area contributed by atoms with Crippen molar-refractivity contribution in [2.24, 2.45) is 0 Å². The number of ether oxygens (including phenoxy) is 3. The van der Waals surface area contributed by atoms with E-state index in [4.69, 9.17) is 14.2 Å². The highest BCUT2D eigenvalue weighted by Crippen LogP contribution is 2.20. The number of rotatable bonds is 9. The standard InChI is InChI=1S/C16H25NO4/c1-5-17-16(3,15(18)20-6-2)10-11-21-14-9-7-8-13(12-14)19-4/h7-9,12,17H,5-6,10-11H2,1-4H3. The monoisotopic (exact) mass is 295 g/mol. The third-order valence-corrected chi connectivity index (χ3v) is 3.20. The van der Waals surface area contributed by atoms with Gasteiger partial charge in [-0.1, -0.05) is 13.0 Å². The van der Waals surface area contributed by atoms with Crippen molar-refractivity contribution in [3.63, 3.8) is 0 Å². The lowest BCUT2D eigenvalue weighted by Gasteiger charge is -2.28. The number of hydrogen-bond acceptors (Lipinski definition) is 5. The van der Waals surface area contributed by atoms with Gasteiger partial charge in [-0.05, 0) is 32.5 Å². The van der Waals surface area contributed by atoms with Crippen LogP contribution in [0.5, 0.6) is 11.5 Å². The van der Waals surface area contributed by atoms with Crippen molar-refractivity contribution >= 4 is 5.97 Å². The van der Waals surface area contributed by atoms with Gasteiger partial charge in [-0.15, -0.1) is 0 Å². The molecule has 0 radical (unpaired) electrons. The Morgan fingerprint density at radius 2 is 2.00 bits per heavy atom. The molecule has 0 aliphatic heterocycles. The normalized spacial score (nSPS) is 13.3. The van der Waals surface area contributed by atoms with Gasteiger partial charge in [-0.25, -0.2) is 0 Å². The van der Waals surface area contributed by atoms with Gasteiger partial charge in [0.15, 0.2) is 0 Å². The zero-order valence-corrected chi connectivity index (χ0v) is 13.3. The maximum absolute atomic E-state index is 12.0.